The Balaban J connectivity index is 2.80. The van der Waals surface area contributed by atoms with Gasteiger partial charge in [-0.25, -0.2) is 4.39 Å². The van der Waals surface area contributed by atoms with Crippen molar-refractivity contribution in [3.8, 4) is 0 Å². The molecule has 74 valence electrons. The molecule has 1 heterocycles. The summed E-state index contributed by atoms with van der Waals surface area (Å²) in [6.45, 7) is 0. The number of hydrogen-bond donors (Lipinski definition) is 1. The number of rotatable bonds is 0. The van der Waals surface area contributed by atoms with E-state index in [1.807, 2.05) is 0 Å². The van der Waals surface area contributed by atoms with Crippen molar-refractivity contribution >= 4 is 10.9 Å². The molecule has 0 bridgehead atoms. The van der Waals surface area contributed by atoms with Crippen molar-refractivity contribution in [3.63, 3.8) is 0 Å². The van der Waals surface area contributed by atoms with Gasteiger partial charge in [0.05, 0.1) is 5.56 Å². The number of nitrogens with one attached hydrogen (secondary N) is 1. The summed E-state index contributed by atoms with van der Waals surface area (Å²) in [6.07, 6.45) is -3.18. The van der Waals surface area contributed by atoms with E-state index in [1.54, 1.807) is 0 Å². The summed E-state index contributed by atoms with van der Waals surface area (Å²) in [5, 5.41) is -0.0149. The Morgan fingerprint density at radius 2 is 1.86 bits per heavy atom. The van der Waals surface area contributed by atoms with Crippen LogP contribution < -0.4 is 0 Å². The molecule has 2 aromatic rings. The number of fused-ring (bicyclic) bond motifs is 1. The van der Waals surface area contributed by atoms with Gasteiger partial charge in [0.1, 0.15) is 5.82 Å². The van der Waals surface area contributed by atoms with Crippen molar-refractivity contribution in [1.29, 1.82) is 0 Å². The zero-order chi connectivity index (χ0) is 10.3. The summed E-state index contributed by atoms with van der Waals surface area (Å²) in [7, 11) is 0. The number of aromatic nitrogens is 1. The fraction of sp³-hybridized carbons (Fsp3) is 0.111. The lowest BCUT2D eigenvalue weighted by molar-refractivity contribution is -0.136. The van der Waals surface area contributed by atoms with Gasteiger partial charge in [0.2, 0.25) is 0 Å². The van der Waals surface area contributed by atoms with Gasteiger partial charge >= 0.3 is 6.18 Å². The quantitative estimate of drug-likeness (QED) is 0.632. The van der Waals surface area contributed by atoms with Crippen molar-refractivity contribution in [1.82, 2.24) is 4.98 Å². The SMILES string of the molecule is Fc1cc(C(F)(F)F)c2cc[nH]c2c1. The molecule has 5 heteroatoms. The molecule has 0 aliphatic carbocycles. The van der Waals surface area contributed by atoms with Gasteiger partial charge in [-0.3, -0.25) is 0 Å². The fourth-order valence-corrected chi connectivity index (χ4v) is 1.37. The molecule has 0 fully saturated rings. The van der Waals surface area contributed by atoms with Crippen molar-refractivity contribution in [2.75, 3.05) is 0 Å². The van der Waals surface area contributed by atoms with Crippen LogP contribution in [-0.2, 0) is 6.18 Å². The van der Waals surface area contributed by atoms with E-state index in [-0.39, 0.29) is 10.9 Å². The molecule has 0 aliphatic rings. The molecule has 0 unspecified atom stereocenters. The first kappa shape index (κ1) is 9.05. The molecule has 1 aromatic heterocycles. The third-order valence-corrected chi connectivity index (χ3v) is 1.94. The maximum Gasteiger partial charge on any atom is 0.417 e. The zero-order valence-electron chi connectivity index (χ0n) is 6.82. The maximum atomic E-state index is 12.8. The minimum atomic E-state index is -4.53. The number of aromatic amines is 1. The average Bonchev–Trinajstić information content (AvgIpc) is 2.47. The summed E-state index contributed by atoms with van der Waals surface area (Å²) in [6, 6.07) is 2.80. The van der Waals surface area contributed by atoms with Crippen LogP contribution in [0.25, 0.3) is 10.9 Å². The van der Waals surface area contributed by atoms with Gasteiger partial charge in [0, 0.05) is 17.1 Å². The first-order valence-corrected chi connectivity index (χ1v) is 3.82. The van der Waals surface area contributed by atoms with E-state index in [4.69, 9.17) is 0 Å². The number of alkyl halides is 3. The molecular weight excluding hydrogens is 198 g/mol. The van der Waals surface area contributed by atoms with Gasteiger partial charge in [-0.1, -0.05) is 0 Å². The smallest absolute Gasteiger partial charge is 0.361 e. The van der Waals surface area contributed by atoms with Crippen LogP contribution in [-0.4, -0.2) is 4.98 Å². The van der Waals surface area contributed by atoms with E-state index in [2.05, 4.69) is 4.98 Å². The van der Waals surface area contributed by atoms with Gasteiger partial charge in [0.25, 0.3) is 0 Å². The highest BCUT2D eigenvalue weighted by Gasteiger charge is 2.33. The largest absolute Gasteiger partial charge is 0.417 e. The van der Waals surface area contributed by atoms with E-state index in [0.29, 0.717) is 6.07 Å². The first-order chi connectivity index (χ1) is 6.48. The van der Waals surface area contributed by atoms with E-state index < -0.39 is 17.6 Å². The van der Waals surface area contributed by atoms with Crippen LogP contribution in [0, 0.1) is 5.82 Å². The molecule has 0 amide bonds. The highest BCUT2D eigenvalue weighted by atomic mass is 19.4. The Morgan fingerprint density at radius 1 is 1.14 bits per heavy atom. The predicted molar refractivity (Wildman–Crippen MR) is 43.3 cm³/mol. The van der Waals surface area contributed by atoms with Gasteiger partial charge in [-0.15, -0.1) is 0 Å². The van der Waals surface area contributed by atoms with Crippen molar-refractivity contribution in [2.24, 2.45) is 0 Å². The highest BCUT2D eigenvalue weighted by Crippen LogP contribution is 2.34. The van der Waals surface area contributed by atoms with E-state index in [0.717, 1.165) is 6.07 Å². The lowest BCUT2D eigenvalue weighted by atomic mass is 10.1. The number of hydrogen-bond acceptors (Lipinski definition) is 0. The molecule has 1 aromatic carbocycles. The van der Waals surface area contributed by atoms with Crippen molar-refractivity contribution in [3.05, 3.63) is 35.8 Å². The zero-order valence-corrected chi connectivity index (χ0v) is 6.82. The summed E-state index contributed by atoms with van der Waals surface area (Å²) in [4.78, 5) is 2.53. The topological polar surface area (TPSA) is 15.8 Å². The number of H-pyrrole nitrogens is 1. The summed E-state index contributed by atoms with van der Waals surface area (Å²) < 4.78 is 50.0. The monoisotopic (exact) mass is 203 g/mol. The summed E-state index contributed by atoms with van der Waals surface area (Å²) >= 11 is 0. The second-order valence-corrected chi connectivity index (χ2v) is 2.89. The lowest BCUT2D eigenvalue weighted by Gasteiger charge is -2.07. The summed E-state index contributed by atoms with van der Waals surface area (Å²) in [5.74, 6) is -0.896. The van der Waals surface area contributed by atoms with Gasteiger partial charge in [-0.2, -0.15) is 13.2 Å². The van der Waals surface area contributed by atoms with Gasteiger partial charge < -0.3 is 4.98 Å². The minimum absolute atomic E-state index is 0.0149. The molecule has 0 atom stereocenters. The second-order valence-electron chi connectivity index (χ2n) is 2.89. The Hall–Kier alpha value is -1.52. The lowest BCUT2D eigenvalue weighted by Crippen LogP contribution is -2.05. The molecule has 2 rings (SSSR count). The molecule has 0 aliphatic heterocycles. The van der Waals surface area contributed by atoms with Crippen LogP contribution >= 0.6 is 0 Å². The minimum Gasteiger partial charge on any atom is -0.361 e. The Morgan fingerprint density at radius 3 is 2.50 bits per heavy atom. The number of halogens is 4. The standard InChI is InChI=1S/C9H5F4N/c10-5-3-7(9(11,12)13)6-1-2-14-8(6)4-5/h1-4,14H. The average molecular weight is 203 g/mol. The van der Waals surface area contributed by atoms with E-state index in [1.165, 1.54) is 12.3 Å². The maximum absolute atomic E-state index is 12.8. The van der Waals surface area contributed by atoms with Crippen LogP contribution in [0.4, 0.5) is 17.6 Å². The molecule has 0 radical (unpaired) electrons. The molecule has 0 saturated carbocycles. The molecule has 14 heavy (non-hydrogen) atoms. The first-order valence-electron chi connectivity index (χ1n) is 3.82. The van der Waals surface area contributed by atoms with E-state index >= 15 is 0 Å². The van der Waals surface area contributed by atoms with Gasteiger partial charge in [-0.05, 0) is 18.2 Å². The van der Waals surface area contributed by atoms with Crippen LogP contribution in [0.15, 0.2) is 24.4 Å². The predicted octanol–water partition coefficient (Wildman–Crippen LogP) is 3.33. The summed E-state index contributed by atoms with van der Waals surface area (Å²) in [5.41, 5.74) is -0.800. The van der Waals surface area contributed by atoms with Crippen molar-refractivity contribution in [2.45, 2.75) is 6.18 Å². The van der Waals surface area contributed by atoms with Crippen LogP contribution in [0.5, 0.6) is 0 Å². The normalized spacial score (nSPS) is 12.3. The number of benzene rings is 1. The van der Waals surface area contributed by atoms with Gasteiger partial charge in [0.15, 0.2) is 0 Å². The highest BCUT2D eigenvalue weighted by molar-refractivity contribution is 5.83. The van der Waals surface area contributed by atoms with Crippen LogP contribution in [0.2, 0.25) is 0 Å². The molecule has 0 spiro atoms. The second kappa shape index (κ2) is 2.73. The molecule has 1 nitrogen and oxygen atoms in total. The Kier molecular flexibility index (Phi) is 1.77. The third-order valence-electron chi connectivity index (χ3n) is 1.94. The molecular formula is C9H5F4N. The Bertz CT molecular complexity index is 469. The fourth-order valence-electron chi connectivity index (χ4n) is 1.37. The molecule has 1 N–H and O–H groups in total. The molecule has 0 saturated heterocycles. The van der Waals surface area contributed by atoms with Crippen LogP contribution in [0.1, 0.15) is 5.56 Å². The Labute approximate surface area is 76.3 Å². The third kappa shape index (κ3) is 1.34. The van der Waals surface area contributed by atoms with Crippen LogP contribution in [0.3, 0.4) is 0 Å². The van der Waals surface area contributed by atoms with E-state index in [9.17, 15) is 17.6 Å². The van der Waals surface area contributed by atoms with Crippen molar-refractivity contribution < 1.29 is 17.6 Å².